The van der Waals surface area contributed by atoms with E-state index in [0.29, 0.717) is 34.0 Å². The predicted octanol–water partition coefficient (Wildman–Crippen LogP) is 7.00. The molecule has 0 spiro atoms. The van der Waals surface area contributed by atoms with Crippen LogP contribution in [0.15, 0.2) is 84.9 Å². The minimum Gasteiger partial charge on any atom is -0.478 e. The van der Waals surface area contributed by atoms with E-state index >= 15 is 0 Å². The van der Waals surface area contributed by atoms with Crippen molar-refractivity contribution in [2.24, 2.45) is 0 Å². The summed E-state index contributed by atoms with van der Waals surface area (Å²) in [6.45, 7) is 12.4. The van der Waals surface area contributed by atoms with E-state index in [4.69, 9.17) is 51.6 Å². The molecule has 4 rings (SSSR count). The summed E-state index contributed by atoms with van der Waals surface area (Å²) >= 11 is 0. The summed E-state index contributed by atoms with van der Waals surface area (Å²) in [7, 11) is -7.39. The first-order valence-electron chi connectivity index (χ1n) is 18.0. The average Bonchev–Trinajstić information content (AvgIpc) is 3.15. The SMILES string of the molecule is CCO[Si](OCC)(OCC)Oc1ccc(Oc2ccc(O[Si](OCC)(OCC)OCC)c(NC(=O)c3ccc(N)cc3)c2)cc1NC(=O)c1ccc(N)cc1. The van der Waals surface area contributed by atoms with Gasteiger partial charge in [-0.3, -0.25) is 9.59 Å². The zero-order valence-electron chi connectivity index (χ0n) is 32.0. The number of nitrogen functional groups attached to an aromatic ring is 2. The molecule has 0 unspecified atom stereocenters. The second kappa shape index (κ2) is 20.6. The van der Waals surface area contributed by atoms with Gasteiger partial charge in [-0.25, -0.2) is 0 Å². The first-order chi connectivity index (χ1) is 26.5. The average molecular weight is 795 g/mol. The molecule has 55 heavy (non-hydrogen) atoms. The summed E-state index contributed by atoms with van der Waals surface area (Å²) < 4.78 is 54.4. The summed E-state index contributed by atoms with van der Waals surface area (Å²) in [6.07, 6.45) is 0. The molecule has 0 aromatic heterocycles. The van der Waals surface area contributed by atoms with E-state index in [1.807, 2.05) is 0 Å². The molecule has 6 N–H and O–H groups in total. The maximum Gasteiger partial charge on any atom is 0.749 e. The van der Waals surface area contributed by atoms with E-state index in [0.717, 1.165) is 0 Å². The number of benzene rings is 4. The molecule has 4 aromatic rings. The van der Waals surface area contributed by atoms with Crippen LogP contribution < -0.4 is 35.7 Å². The second-order valence-corrected chi connectivity index (χ2v) is 15.5. The molecular weight excluding hydrogens is 745 g/mol. The van der Waals surface area contributed by atoms with Crippen LogP contribution in [0.1, 0.15) is 62.3 Å². The van der Waals surface area contributed by atoms with Crippen molar-refractivity contribution in [3.8, 4) is 23.0 Å². The molecule has 2 amide bonds. The molecule has 17 heteroatoms. The summed E-state index contributed by atoms with van der Waals surface area (Å²) in [4.78, 5) is 26.9. The number of carbonyl (C=O) groups excluding carboxylic acids is 2. The second-order valence-electron chi connectivity index (χ2n) is 11.4. The molecular formula is C38H50N4O11Si2. The van der Waals surface area contributed by atoms with Crippen LogP contribution >= 0.6 is 0 Å². The molecule has 4 aromatic carbocycles. The Bertz CT molecular complexity index is 1680. The lowest BCUT2D eigenvalue weighted by atomic mass is 10.2. The zero-order chi connectivity index (χ0) is 39.8. The zero-order valence-corrected chi connectivity index (χ0v) is 34.0. The smallest absolute Gasteiger partial charge is 0.478 e. The molecule has 0 aliphatic carbocycles. The lowest BCUT2D eigenvalue weighted by molar-refractivity contribution is 0.00888. The summed E-state index contributed by atoms with van der Waals surface area (Å²) in [5.74, 6) is 0.200. The molecule has 0 radical (unpaired) electrons. The Morgan fingerprint density at radius 3 is 1.09 bits per heavy atom. The van der Waals surface area contributed by atoms with Gasteiger partial charge in [-0.05, 0) is 114 Å². The Labute approximate surface area is 324 Å². The first-order valence-corrected chi connectivity index (χ1v) is 21.3. The van der Waals surface area contributed by atoms with Gasteiger partial charge in [0.05, 0.1) is 11.4 Å². The van der Waals surface area contributed by atoms with Crippen LogP contribution in [0, 0.1) is 0 Å². The maximum absolute atomic E-state index is 13.4. The van der Waals surface area contributed by atoms with Crippen molar-refractivity contribution < 1.29 is 49.7 Å². The van der Waals surface area contributed by atoms with Gasteiger partial charge in [0.25, 0.3) is 11.8 Å². The van der Waals surface area contributed by atoms with Crippen molar-refractivity contribution in [3.05, 3.63) is 96.1 Å². The fraction of sp³-hybridized carbons (Fsp3) is 0.316. The Hall–Kier alpha value is -4.99. The first kappa shape index (κ1) is 42.8. The highest BCUT2D eigenvalue weighted by Gasteiger charge is 2.49. The topological polar surface area (TPSA) is 193 Å². The number of anilines is 4. The molecule has 0 aliphatic rings. The quantitative estimate of drug-likeness (QED) is 0.0470. The van der Waals surface area contributed by atoms with Crippen molar-refractivity contribution in [1.29, 1.82) is 0 Å². The van der Waals surface area contributed by atoms with Gasteiger partial charge >= 0.3 is 18.1 Å². The molecule has 0 bridgehead atoms. The minimum atomic E-state index is -3.69. The fourth-order valence-electron chi connectivity index (χ4n) is 5.07. The van der Waals surface area contributed by atoms with Crippen LogP contribution in [0.2, 0.25) is 0 Å². The third-order valence-electron chi connectivity index (χ3n) is 7.38. The van der Waals surface area contributed by atoms with E-state index in [9.17, 15) is 9.59 Å². The molecule has 296 valence electrons. The van der Waals surface area contributed by atoms with Crippen LogP contribution in [0.5, 0.6) is 23.0 Å². The highest BCUT2D eigenvalue weighted by molar-refractivity contribution is 6.55. The van der Waals surface area contributed by atoms with Gasteiger partial charge in [0, 0.05) is 74.3 Å². The largest absolute Gasteiger partial charge is 0.749 e. The number of nitrogens with two attached hydrogens (primary N) is 2. The van der Waals surface area contributed by atoms with Gasteiger partial charge < -0.3 is 62.2 Å². The lowest BCUT2D eigenvalue weighted by Crippen LogP contribution is -2.52. The normalized spacial score (nSPS) is 11.5. The summed E-state index contributed by atoms with van der Waals surface area (Å²) in [6, 6.07) is 22.6. The highest BCUT2D eigenvalue weighted by atomic mass is 28.4. The molecule has 0 fully saturated rings. The third kappa shape index (κ3) is 12.0. The maximum atomic E-state index is 13.4. The van der Waals surface area contributed by atoms with Gasteiger partial charge in [0.2, 0.25) is 0 Å². The Balaban J connectivity index is 1.75. The van der Waals surface area contributed by atoms with Crippen LogP contribution in [0.4, 0.5) is 22.7 Å². The Kier molecular flexibility index (Phi) is 16.0. The van der Waals surface area contributed by atoms with Gasteiger partial charge in [0.15, 0.2) is 0 Å². The van der Waals surface area contributed by atoms with Gasteiger partial charge in [-0.15, -0.1) is 0 Å². The van der Waals surface area contributed by atoms with Crippen molar-refractivity contribution >= 4 is 52.7 Å². The summed E-state index contributed by atoms with van der Waals surface area (Å²) in [5.41, 5.74) is 13.9. The third-order valence-corrected chi connectivity index (χ3v) is 12.2. The standard InChI is InChI=1S/C38H50N4O11Si2/c1-7-45-54(46-8-2,47-9-3)52-35-23-21-31(25-33(35)41-37(43)27-13-17-29(39)18-14-27)51-32-22-24-36(53-55(48-10-4,49-11-5)50-12-6)34(26-32)42-38(44)28-15-19-30(40)20-16-28/h13-26H,7-12,39-40H2,1-6H3,(H,41,43)(H,42,44). The molecule has 15 nitrogen and oxygen atoms in total. The number of hydrogen-bond donors (Lipinski definition) is 4. The van der Waals surface area contributed by atoms with Crippen molar-refractivity contribution in [3.63, 3.8) is 0 Å². The van der Waals surface area contributed by atoms with E-state index in [2.05, 4.69) is 10.6 Å². The van der Waals surface area contributed by atoms with Gasteiger partial charge in [0.1, 0.15) is 23.0 Å². The van der Waals surface area contributed by atoms with Crippen LogP contribution in [0.25, 0.3) is 0 Å². The number of nitrogens with one attached hydrogen (secondary N) is 2. The molecule has 0 aliphatic heterocycles. The summed E-state index contributed by atoms with van der Waals surface area (Å²) in [5, 5.41) is 5.80. The molecule has 0 atom stereocenters. The van der Waals surface area contributed by atoms with E-state index in [1.54, 1.807) is 126 Å². The molecule has 0 saturated carbocycles. The minimum absolute atomic E-state index is 0.224. The van der Waals surface area contributed by atoms with Crippen molar-refractivity contribution in [2.45, 2.75) is 41.5 Å². The van der Waals surface area contributed by atoms with E-state index < -0.39 is 29.9 Å². The highest BCUT2D eigenvalue weighted by Crippen LogP contribution is 2.38. The molecule has 0 heterocycles. The van der Waals surface area contributed by atoms with E-state index in [-0.39, 0.29) is 62.5 Å². The lowest BCUT2D eigenvalue weighted by Gasteiger charge is -2.28. The van der Waals surface area contributed by atoms with Crippen LogP contribution in [-0.2, 0) is 26.6 Å². The van der Waals surface area contributed by atoms with Crippen LogP contribution in [0.3, 0.4) is 0 Å². The molecule has 0 saturated heterocycles. The Morgan fingerprint density at radius 2 is 0.800 bits per heavy atom. The number of hydrogen-bond acceptors (Lipinski definition) is 13. The van der Waals surface area contributed by atoms with Gasteiger partial charge in [-0.2, -0.15) is 0 Å². The van der Waals surface area contributed by atoms with Crippen LogP contribution in [-0.4, -0.2) is 69.6 Å². The predicted molar refractivity (Wildman–Crippen MR) is 213 cm³/mol. The number of ether oxygens (including phenoxy) is 1. The van der Waals surface area contributed by atoms with Gasteiger partial charge in [-0.1, -0.05) is 0 Å². The van der Waals surface area contributed by atoms with Crippen molar-refractivity contribution in [2.75, 3.05) is 61.7 Å². The van der Waals surface area contributed by atoms with Crippen molar-refractivity contribution in [1.82, 2.24) is 0 Å². The van der Waals surface area contributed by atoms with E-state index in [1.165, 1.54) is 0 Å². The number of amides is 2. The monoisotopic (exact) mass is 794 g/mol. The Morgan fingerprint density at radius 1 is 0.491 bits per heavy atom. The number of carbonyl (C=O) groups is 2. The number of rotatable bonds is 22. The fourth-order valence-corrected chi connectivity index (χ4v) is 8.94.